The average molecular weight is 306 g/mol. The maximum atomic E-state index is 6.29. The van der Waals surface area contributed by atoms with Crippen molar-refractivity contribution < 1.29 is 9.47 Å². The van der Waals surface area contributed by atoms with Crippen molar-refractivity contribution in [2.45, 2.75) is 18.7 Å². The van der Waals surface area contributed by atoms with Crippen LogP contribution in [-0.4, -0.2) is 19.8 Å². The molecule has 1 atom stereocenters. The molecule has 1 heterocycles. The molecular weight excluding hydrogens is 291 g/mol. The van der Waals surface area contributed by atoms with Gasteiger partial charge in [0.15, 0.2) is 0 Å². The first-order chi connectivity index (χ1) is 7.72. The zero-order chi connectivity index (χ0) is 11.5. The van der Waals surface area contributed by atoms with E-state index in [4.69, 9.17) is 21.1 Å². The van der Waals surface area contributed by atoms with E-state index in [2.05, 4.69) is 15.9 Å². The highest BCUT2D eigenvalue weighted by molar-refractivity contribution is 9.10. The molecule has 4 heteroatoms. The van der Waals surface area contributed by atoms with Gasteiger partial charge >= 0.3 is 0 Å². The van der Waals surface area contributed by atoms with Crippen molar-refractivity contribution in [3.63, 3.8) is 0 Å². The van der Waals surface area contributed by atoms with Gasteiger partial charge in [-0.1, -0.05) is 15.9 Å². The van der Waals surface area contributed by atoms with Crippen molar-refractivity contribution in [3.05, 3.63) is 27.7 Å². The summed E-state index contributed by atoms with van der Waals surface area (Å²) in [6.07, 6.45) is 0.894. The molecule has 0 aromatic heterocycles. The van der Waals surface area contributed by atoms with Gasteiger partial charge in [0.1, 0.15) is 5.75 Å². The van der Waals surface area contributed by atoms with Gasteiger partial charge < -0.3 is 9.47 Å². The fraction of sp³-hybridized carbons (Fsp3) is 0.500. The molecule has 16 heavy (non-hydrogen) atoms. The minimum absolute atomic E-state index is 0.0887. The van der Waals surface area contributed by atoms with Crippen molar-refractivity contribution in [3.8, 4) is 5.75 Å². The highest BCUT2D eigenvalue weighted by Gasteiger charge is 2.20. The zero-order valence-electron chi connectivity index (χ0n) is 9.13. The van der Waals surface area contributed by atoms with Gasteiger partial charge in [-0.3, -0.25) is 0 Å². The number of rotatable bonds is 2. The van der Waals surface area contributed by atoms with Crippen LogP contribution in [0.15, 0.2) is 16.6 Å². The predicted octanol–water partition coefficient (Wildman–Crippen LogP) is 3.70. The lowest BCUT2D eigenvalue weighted by molar-refractivity contribution is 0.143. The molecule has 0 fully saturated rings. The second-order valence-electron chi connectivity index (χ2n) is 3.70. The Kier molecular flexibility index (Phi) is 4.11. The summed E-state index contributed by atoms with van der Waals surface area (Å²) in [7, 11) is 0. The smallest absolute Gasteiger partial charge is 0.120 e. The first kappa shape index (κ1) is 12.2. The van der Waals surface area contributed by atoms with Gasteiger partial charge in [-0.2, -0.15) is 0 Å². The second-order valence-corrected chi connectivity index (χ2v) is 5.08. The Balaban J connectivity index is 2.42. The molecule has 0 N–H and O–H groups in total. The minimum atomic E-state index is -0.0887. The van der Waals surface area contributed by atoms with Crippen molar-refractivity contribution in [2.24, 2.45) is 0 Å². The van der Waals surface area contributed by atoms with Crippen LogP contribution in [0.5, 0.6) is 5.75 Å². The summed E-state index contributed by atoms with van der Waals surface area (Å²) in [6, 6.07) is 4.02. The molecule has 0 radical (unpaired) electrons. The van der Waals surface area contributed by atoms with Crippen LogP contribution in [0, 0.1) is 0 Å². The number of ether oxygens (including phenoxy) is 2. The van der Waals surface area contributed by atoms with Gasteiger partial charge in [-0.25, -0.2) is 0 Å². The monoisotopic (exact) mass is 304 g/mol. The molecule has 0 amide bonds. The van der Waals surface area contributed by atoms with Gasteiger partial charge in [0.05, 0.1) is 25.2 Å². The lowest BCUT2D eigenvalue weighted by Gasteiger charge is -2.14. The second kappa shape index (κ2) is 5.39. The number of halogens is 2. The van der Waals surface area contributed by atoms with Crippen LogP contribution in [0.1, 0.15) is 23.4 Å². The molecule has 88 valence electrons. The molecule has 1 aliphatic heterocycles. The van der Waals surface area contributed by atoms with E-state index in [1.54, 1.807) is 0 Å². The molecular formula is C12H14BrClO2. The summed E-state index contributed by atoms with van der Waals surface area (Å²) in [6.45, 7) is 3.93. The third-order valence-electron chi connectivity index (χ3n) is 2.61. The summed E-state index contributed by atoms with van der Waals surface area (Å²) in [5.41, 5.74) is 2.36. The first-order valence-electron chi connectivity index (χ1n) is 5.39. The van der Waals surface area contributed by atoms with Crippen molar-refractivity contribution in [1.29, 1.82) is 0 Å². The number of fused-ring (bicyclic) bond motifs is 1. The Bertz CT molecular complexity index is 382. The Morgan fingerprint density at radius 1 is 1.56 bits per heavy atom. The maximum Gasteiger partial charge on any atom is 0.120 e. The molecule has 1 aliphatic rings. The van der Waals surface area contributed by atoms with E-state index in [9.17, 15) is 0 Å². The molecule has 2 nitrogen and oxygen atoms in total. The summed E-state index contributed by atoms with van der Waals surface area (Å²) >= 11 is 9.87. The van der Waals surface area contributed by atoms with Crippen LogP contribution in [0.25, 0.3) is 0 Å². The van der Waals surface area contributed by atoms with Gasteiger partial charge in [-0.15, -0.1) is 11.6 Å². The van der Waals surface area contributed by atoms with Crippen LogP contribution in [0.3, 0.4) is 0 Å². The van der Waals surface area contributed by atoms with Crippen molar-refractivity contribution in [2.75, 3.05) is 19.8 Å². The molecule has 0 saturated heterocycles. The number of alkyl halides is 1. The fourth-order valence-corrected chi connectivity index (χ4v) is 2.81. The van der Waals surface area contributed by atoms with Crippen LogP contribution in [-0.2, 0) is 11.2 Å². The van der Waals surface area contributed by atoms with E-state index in [1.165, 1.54) is 5.56 Å². The topological polar surface area (TPSA) is 18.5 Å². The van der Waals surface area contributed by atoms with Gasteiger partial charge in [0.25, 0.3) is 0 Å². The Morgan fingerprint density at radius 2 is 2.38 bits per heavy atom. The lowest BCUT2D eigenvalue weighted by Crippen LogP contribution is -2.01. The molecule has 2 rings (SSSR count). The van der Waals surface area contributed by atoms with E-state index in [-0.39, 0.29) is 5.38 Å². The number of benzene rings is 1. The van der Waals surface area contributed by atoms with E-state index in [1.807, 2.05) is 19.1 Å². The van der Waals surface area contributed by atoms with E-state index < -0.39 is 0 Å². The van der Waals surface area contributed by atoms with E-state index in [0.29, 0.717) is 13.2 Å². The number of hydrogen-bond acceptors (Lipinski definition) is 2. The van der Waals surface area contributed by atoms with E-state index >= 15 is 0 Å². The Hall–Kier alpha value is -0.250. The minimum Gasteiger partial charge on any atom is -0.494 e. The Morgan fingerprint density at radius 3 is 3.12 bits per heavy atom. The molecule has 0 bridgehead atoms. The first-order valence-corrected chi connectivity index (χ1v) is 6.62. The van der Waals surface area contributed by atoms with Crippen LogP contribution < -0.4 is 4.74 Å². The summed E-state index contributed by atoms with van der Waals surface area (Å²) < 4.78 is 12.0. The fourth-order valence-electron chi connectivity index (χ4n) is 1.88. The standard InChI is InChI=1S/C12H14BrClO2/c1-2-16-8-5-10-9(11(13)6-8)3-4-15-7-12(10)14/h5-6,12H,2-4,7H2,1H3. The highest BCUT2D eigenvalue weighted by Crippen LogP contribution is 2.35. The molecule has 0 spiro atoms. The van der Waals surface area contributed by atoms with Crippen LogP contribution in [0.2, 0.25) is 0 Å². The van der Waals surface area contributed by atoms with Gasteiger partial charge in [-0.05, 0) is 36.6 Å². The van der Waals surface area contributed by atoms with Crippen LogP contribution in [0.4, 0.5) is 0 Å². The Labute approximate surface area is 109 Å². The van der Waals surface area contributed by atoms with Gasteiger partial charge in [0.2, 0.25) is 0 Å². The molecule has 1 aromatic carbocycles. The van der Waals surface area contributed by atoms with E-state index in [0.717, 1.165) is 28.8 Å². The molecule has 1 aromatic rings. The number of hydrogen-bond donors (Lipinski definition) is 0. The van der Waals surface area contributed by atoms with Crippen molar-refractivity contribution >= 4 is 27.5 Å². The van der Waals surface area contributed by atoms with Gasteiger partial charge in [0, 0.05) is 4.47 Å². The zero-order valence-corrected chi connectivity index (χ0v) is 11.5. The predicted molar refractivity (Wildman–Crippen MR) is 68.4 cm³/mol. The van der Waals surface area contributed by atoms with Crippen LogP contribution >= 0.6 is 27.5 Å². The maximum absolute atomic E-state index is 6.29. The third-order valence-corrected chi connectivity index (χ3v) is 3.68. The SMILES string of the molecule is CCOc1cc(Br)c2c(c1)C(Cl)COCC2. The molecule has 0 aliphatic carbocycles. The summed E-state index contributed by atoms with van der Waals surface area (Å²) in [5, 5.41) is -0.0887. The highest BCUT2D eigenvalue weighted by atomic mass is 79.9. The summed E-state index contributed by atoms with van der Waals surface area (Å²) in [5.74, 6) is 0.862. The quantitative estimate of drug-likeness (QED) is 0.776. The lowest BCUT2D eigenvalue weighted by atomic mass is 10.0. The average Bonchev–Trinajstić information content (AvgIpc) is 2.43. The van der Waals surface area contributed by atoms with Crippen molar-refractivity contribution in [1.82, 2.24) is 0 Å². The molecule has 1 unspecified atom stereocenters. The normalized spacial score (nSPS) is 20.1. The largest absolute Gasteiger partial charge is 0.494 e. The summed E-state index contributed by atoms with van der Waals surface area (Å²) in [4.78, 5) is 0. The third kappa shape index (κ3) is 2.53. The molecule has 0 saturated carbocycles.